The number of alkyl halides is 3. The SMILES string of the molecule is COc1ccc(C(=O)N(C)C)cc1S(=O)(=O)NC(=O)C(N)c1cccs1.O=C(O)C(F)(F)F. The van der Waals surface area contributed by atoms with E-state index in [1.54, 1.807) is 31.6 Å². The fourth-order valence-electron chi connectivity index (χ4n) is 2.13. The van der Waals surface area contributed by atoms with Gasteiger partial charge in [0, 0.05) is 24.5 Å². The summed E-state index contributed by atoms with van der Waals surface area (Å²) >= 11 is 1.24. The lowest BCUT2D eigenvalue weighted by molar-refractivity contribution is -0.192. The predicted octanol–water partition coefficient (Wildman–Crippen LogP) is 1.60. The molecule has 0 aliphatic heterocycles. The average molecular weight is 512 g/mol. The molecule has 15 heteroatoms. The Bertz CT molecular complexity index is 1100. The molecule has 0 radical (unpaired) electrons. The molecule has 0 saturated heterocycles. The van der Waals surface area contributed by atoms with Gasteiger partial charge in [0.25, 0.3) is 21.8 Å². The van der Waals surface area contributed by atoms with Crippen molar-refractivity contribution in [1.82, 2.24) is 9.62 Å². The third-order valence-electron chi connectivity index (χ3n) is 3.72. The Morgan fingerprint density at radius 3 is 2.21 bits per heavy atom. The van der Waals surface area contributed by atoms with Crippen molar-refractivity contribution in [2.45, 2.75) is 17.1 Å². The van der Waals surface area contributed by atoms with E-state index in [2.05, 4.69) is 0 Å². The molecule has 0 saturated carbocycles. The summed E-state index contributed by atoms with van der Waals surface area (Å²) in [7, 11) is 0.0903. The van der Waals surface area contributed by atoms with Crippen LogP contribution in [0.2, 0.25) is 0 Å². The van der Waals surface area contributed by atoms with Gasteiger partial charge in [-0.05, 0) is 29.6 Å². The first kappa shape index (κ1) is 27.9. The van der Waals surface area contributed by atoms with Crippen molar-refractivity contribution in [2.24, 2.45) is 5.73 Å². The summed E-state index contributed by atoms with van der Waals surface area (Å²) in [5.74, 6) is -4.01. The molecule has 10 nitrogen and oxygen atoms in total. The van der Waals surface area contributed by atoms with Gasteiger partial charge in [-0.2, -0.15) is 13.2 Å². The zero-order valence-corrected chi connectivity index (χ0v) is 19.0. The number of halogens is 3. The number of carboxylic acids is 1. The average Bonchev–Trinajstić information content (AvgIpc) is 3.26. The molecule has 0 fully saturated rings. The third-order valence-corrected chi connectivity index (χ3v) is 6.04. The number of ether oxygens (including phenoxy) is 1. The lowest BCUT2D eigenvalue weighted by atomic mass is 10.2. The maximum absolute atomic E-state index is 12.7. The largest absolute Gasteiger partial charge is 0.495 e. The van der Waals surface area contributed by atoms with E-state index in [9.17, 15) is 31.2 Å². The maximum Gasteiger partial charge on any atom is 0.490 e. The third kappa shape index (κ3) is 7.73. The monoisotopic (exact) mass is 511 g/mol. The Kier molecular flexibility index (Phi) is 9.38. The Morgan fingerprint density at radius 1 is 1.21 bits per heavy atom. The second-order valence-corrected chi connectivity index (χ2v) is 8.96. The summed E-state index contributed by atoms with van der Waals surface area (Å²) in [6, 6.07) is 6.18. The highest BCUT2D eigenvalue weighted by Gasteiger charge is 2.38. The van der Waals surface area contributed by atoms with Gasteiger partial charge in [-0.1, -0.05) is 6.07 Å². The molecule has 182 valence electrons. The van der Waals surface area contributed by atoms with Crippen LogP contribution in [0.4, 0.5) is 13.2 Å². The Hall–Kier alpha value is -3.17. The van der Waals surface area contributed by atoms with Crippen LogP contribution in [0.5, 0.6) is 5.75 Å². The van der Waals surface area contributed by atoms with Gasteiger partial charge in [0.1, 0.15) is 16.7 Å². The van der Waals surface area contributed by atoms with E-state index in [-0.39, 0.29) is 22.1 Å². The number of methoxy groups -OCH3 is 1. The summed E-state index contributed by atoms with van der Waals surface area (Å²) in [5.41, 5.74) is 5.94. The van der Waals surface area contributed by atoms with Gasteiger partial charge >= 0.3 is 12.1 Å². The Morgan fingerprint density at radius 2 is 1.79 bits per heavy atom. The van der Waals surface area contributed by atoms with Crippen molar-refractivity contribution in [3.8, 4) is 5.75 Å². The molecule has 1 heterocycles. The minimum atomic E-state index is -5.08. The minimum absolute atomic E-state index is 0.00491. The number of rotatable bonds is 6. The summed E-state index contributed by atoms with van der Waals surface area (Å²) in [6.45, 7) is 0. The molecule has 4 N–H and O–H groups in total. The number of aliphatic carboxylic acids is 1. The van der Waals surface area contributed by atoms with E-state index in [1.807, 2.05) is 4.72 Å². The number of sulfonamides is 1. The fourth-order valence-corrected chi connectivity index (χ4v) is 4.05. The smallest absolute Gasteiger partial charge is 0.490 e. The number of nitrogens with one attached hydrogen (secondary N) is 1. The molecule has 33 heavy (non-hydrogen) atoms. The molecule has 0 bridgehead atoms. The number of nitrogens with two attached hydrogens (primary N) is 1. The number of carbonyl (C=O) groups excluding carboxylic acids is 2. The van der Waals surface area contributed by atoms with Crippen molar-refractivity contribution in [3.63, 3.8) is 0 Å². The van der Waals surface area contributed by atoms with Crippen molar-refractivity contribution in [1.29, 1.82) is 0 Å². The first-order chi connectivity index (χ1) is 15.1. The van der Waals surface area contributed by atoms with Crippen LogP contribution in [0, 0.1) is 0 Å². The van der Waals surface area contributed by atoms with Gasteiger partial charge in [-0.25, -0.2) is 17.9 Å². The summed E-state index contributed by atoms with van der Waals surface area (Å²) in [6.07, 6.45) is -5.08. The van der Waals surface area contributed by atoms with E-state index >= 15 is 0 Å². The van der Waals surface area contributed by atoms with E-state index in [0.29, 0.717) is 4.88 Å². The number of hydrogen-bond donors (Lipinski definition) is 3. The molecule has 2 aromatic rings. The van der Waals surface area contributed by atoms with Crippen molar-refractivity contribution in [2.75, 3.05) is 21.2 Å². The molecule has 1 aromatic carbocycles. The minimum Gasteiger partial charge on any atom is -0.495 e. The Labute approximate surface area is 190 Å². The quantitative estimate of drug-likeness (QED) is 0.528. The molecule has 2 amide bonds. The van der Waals surface area contributed by atoms with Crippen LogP contribution < -0.4 is 15.2 Å². The van der Waals surface area contributed by atoms with Gasteiger partial charge in [0.15, 0.2) is 0 Å². The number of thiophene rings is 1. The van der Waals surface area contributed by atoms with Crippen LogP contribution >= 0.6 is 11.3 Å². The van der Waals surface area contributed by atoms with Crippen molar-refractivity contribution < 1.29 is 45.8 Å². The lowest BCUT2D eigenvalue weighted by Crippen LogP contribution is -2.38. The van der Waals surface area contributed by atoms with E-state index < -0.39 is 34.1 Å². The summed E-state index contributed by atoms with van der Waals surface area (Å²) in [4.78, 5) is 34.7. The number of nitrogens with zero attached hydrogens (tertiary/aromatic N) is 1. The van der Waals surface area contributed by atoms with Crippen LogP contribution in [0.3, 0.4) is 0 Å². The maximum atomic E-state index is 12.7. The molecule has 1 aromatic heterocycles. The van der Waals surface area contributed by atoms with E-state index in [4.69, 9.17) is 20.4 Å². The number of carbonyl (C=O) groups is 3. The standard InChI is InChI=1S/C16H19N3O5S2.C2HF3O2/c1-19(2)16(21)10-6-7-11(24-3)13(9-10)26(22,23)18-15(20)14(17)12-5-4-8-25-12;3-2(4,5)1(6)7/h4-9,14H,17H2,1-3H3,(H,18,20);(H,6,7). The van der Waals surface area contributed by atoms with Crippen LogP contribution in [-0.4, -0.2) is 63.6 Å². The fraction of sp³-hybridized carbons (Fsp3) is 0.278. The highest BCUT2D eigenvalue weighted by Crippen LogP contribution is 2.26. The molecule has 2 rings (SSSR count). The Balaban J connectivity index is 0.000000675. The zero-order chi connectivity index (χ0) is 25.6. The number of hydrogen-bond acceptors (Lipinski definition) is 8. The normalized spacial score (nSPS) is 12.1. The molecule has 1 unspecified atom stereocenters. The zero-order valence-electron chi connectivity index (χ0n) is 17.4. The topological polar surface area (TPSA) is 156 Å². The second-order valence-electron chi connectivity index (χ2n) is 6.33. The van der Waals surface area contributed by atoms with Gasteiger partial charge in [-0.3, -0.25) is 9.59 Å². The predicted molar refractivity (Wildman–Crippen MR) is 111 cm³/mol. The van der Waals surface area contributed by atoms with Gasteiger partial charge < -0.3 is 20.5 Å². The lowest BCUT2D eigenvalue weighted by Gasteiger charge is -2.15. The summed E-state index contributed by atoms with van der Waals surface area (Å²) < 4.78 is 64.0. The van der Waals surface area contributed by atoms with Crippen LogP contribution in [0.1, 0.15) is 21.3 Å². The number of carboxylic acid groups (broad SMARTS) is 1. The van der Waals surface area contributed by atoms with Crippen LogP contribution in [-0.2, 0) is 19.6 Å². The second kappa shape index (κ2) is 11.1. The van der Waals surface area contributed by atoms with Gasteiger partial charge in [0.05, 0.1) is 7.11 Å². The van der Waals surface area contributed by atoms with Gasteiger partial charge in [-0.15, -0.1) is 11.3 Å². The molecule has 0 aliphatic carbocycles. The molecular formula is C18H20F3N3O7S2. The highest BCUT2D eigenvalue weighted by molar-refractivity contribution is 7.90. The molecule has 0 spiro atoms. The van der Waals surface area contributed by atoms with Crippen LogP contribution in [0.25, 0.3) is 0 Å². The van der Waals surface area contributed by atoms with E-state index in [0.717, 1.165) is 6.07 Å². The number of benzene rings is 1. The number of amides is 2. The molecule has 0 aliphatic rings. The highest BCUT2D eigenvalue weighted by atomic mass is 32.2. The first-order valence-corrected chi connectivity index (χ1v) is 11.0. The van der Waals surface area contributed by atoms with Gasteiger partial charge in [0.2, 0.25) is 0 Å². The first-order valence-electron chi connectivity index (χ1n) is 8.67. The molecular weight excluding hydrogens is 491 g/mol. The van der Waals surface area contributed by atoms with Crippen LogP contribution in [0.15, 0.2) is 40.6 Å². The van der Waals surface area contributed by atoms with Crippen molar-refractivity contribution >= 4 is 39.1 Å². The summed E-state index contributed by atoms with van der Waals surface area (Å²) in [5, 5.41) is 8.86. The van der Waals surface area contributed by atoms with E-state index in [1.165, 1.54) is 35.5 Å². The van der Waals surface area contributed by atoms with Crippen molar-refractivity contribution in [3.05, 3.63) is 46.2 Å². The molecule has 1 atom stereocenters.